The maximum atomic E-state index is 9.36. The molecule has 1 unspecified atom stereocenters. The van der Waals surface area contributed by atoms with Crippen LogP contribution in [0.15, 0.2) is 44.4 Å². The van der Waals surface area contributed by atoms with Crippen LogP contribution in [-0.4, -0.2) is 8.80 Å². The summed E-state index contributed by atoms with van der Waals surface area (Å²) in [6.45, 7) is 4.57. The molecule has 2 nitrogen and oxygen atoms in total. The number of hydrogen-bond donors (Lipinski definition) is 0. The molecule has 5 heteroatoms. The molecule has 0 aromatic heterocycles. The molecule has 0 fully saturated rings. The maximum absolute atomic E-state index is 9.36. The van der Waals surface area contributed by atoms with Crippen molar-refractivity contribution in [3.63, 3.8) is 0 Å². The van der Waals surface area contributed by atoms with E-state index in [1.54, 1.807) is 0 Å². The summed E-state index contributed by atoms with van der Waals surface area (Å²) in [5.74, 6) is -0.174. The van der Waals surface area contributed by atoms with Gasteiger partial charge in [0.2, 0.25) is 0 Å². The number of rotatable bonds is 2. The lowest BCUT2D eigenvalue weighted by Crippen LogP contribution is -2.22. The van der Waals surface area contributed by atoms with Gasteiger partial charge >= 0.3 is 0 Å². The van der Waals surface area contributed by atoms with Gasteiger partial charge in [0, 0.05) is 8.96 Å². The number of nitrogens with zero attached hydrogens (tertiary/aromatic N) is 2. The summed E-state index contributed by atoms with van der Waals surface area (Å²) in [7, 11) is -0.815. The summed E-state index contributed by atoms with van der Waals surface area (Å²) in [5.41, 5.74) is 1.96. The molecule has 0 bridgehead atoms. The highest BCUT2D eigenvalue weighted by Gasteiger charge is 2.33. The third-order valence-corrected chi connectivity index (χ3v) is 7.34. The van der Waals surface area contributed by atoms with Crippen molar-refractivity contribution in [2.75, 3.05) is 0 Å². The van der Waals surface area contributed by atoms with E-state index in [-0.39, 0.29) is 5.92 Å². The van der Waals surface area contributed by atoms with E-state index < -0.39 is 8.80 Å². The Hall–Kier alpha value is -1.14. The van der Waals surface area contributed by atoms with Crippen molar-refractivity contribution in [3.05, 3.63) is 49.9 Å². The lowest BCUT2D eigenvalue weighted by molar-refractivity contribution is 1.04. The second-order valence-electron chi connectivity index (χ2n) is 4.93. The van der Waals surface area contributed by atoms with E-state index in [1.165, 1.54) is 5.19 Å². The van der Waals surface area contributed by atoms with Crippen LogP contribution in [0, 0.1) is 22.7 Å². The Morgan fingerprint density at radius 2 is 1.65 bits per heavy atom. The molecule has 0 radical (unpaired) electrons. The van der Waals surface area contributed by atoms with Crippen LogP contribution in [0.5, 0.6) is 0 Å². The van der Waals surface area contributed by atoms with Crippen molar-refractivity contribution < 1.29 is 0 Å². The Kier molecular flexibility index (Phi) is 4.65. The van der Waals surface area contributed by atoms with E-state index in [9.17, 15) is 10.5 Å². The van der Waals surface area contributed by atoms with Crippen molar-refractivity contribution >= 4 is 45.8 Å². The zero-order valence-electron chi connectivity index (χ0n) is 11.1. The van der Waals surface area contributed by atoms with E-state index in [1.807, 2.05) is 0 Å². The van der Waals surface area contributed by atoms with E-state index in [0.29, 0.717) is 15.6 Å². The molecule has 0 spiro atoms. The Morgan fingerprint density at radius 1 is 1.05 bits per heavy atom. The number of benzene rings is 1. The highest BCUT2D eigenvalue weighted by atomic mass is 79.9. The van der Waals surface area contributed by atoms with Crippen molar-refractivity contribution in [1.82, 2.24) is 0 Å². The monoisotopic (exact) mass is 406 g/mol. The van der Waals surface area contributed by atoms with Gasteiger partial charge in [-0.1, -0.05) is 58.5 Å². The summed E-state index contributed by atoms with van der Waals surface area (Å²) in [6, 6.07) is 12.7. The molecule has 2 rings (SSSR count). The minimum Gasteiger partial charge on any atom is -0.193 e. The van der Waals surface area contributed by atoms with E-state index >= 15 is 0 Å². The van der Waals surface area contributed by atoms with Gasteiger partial charge in [0.15, 0.2) is 0 Å². The van der Waals surface area contributed by atoms with Crippen LogP contribution in [0.4, 0.5) is 0 Å². The highest BCUT2D eigenvalue weighted by Crippen LogP contribution is 2.48. The Morgan fingerprint density at radius 3 is 2.10 bits per heavy atom. The topological polar surface area (TPSA) is 47.6 Å². The largest absolute Gasteiger partial charge is 0.193 e. The summed E-state index contributed by atoms with van der Waals surface area (Å²) in [6.07, 6.45) is 0. The van der Waals surface area contributed by atoms with Crippen LogP contribution in [-0.2, 0) is 0 Å². The molecule has 0 saturated carbocycles. The van der Waals surface area contributed by atoms with Gasteiger partial charge in [0.1, 0.15) is 6.07 Å². The molecule has 100 valence electrons. The summed E-state index contributed by atoms with van der Waals surface area (Å²) in [5, 5.41) is 20.0. The van der Waals surface area contributed by atoms with Gasteiger partial charge in [-0.05, 0) is 21.5 Å². The smallest absolute Gasteiger partial charge is 0.101 e. The molecule has 0 amide bonds. The molecule has 1 aliphatic rings. The van der Waals surface area contributed by atoms with Gasteiger partial charge in [-0.3, -0.25) is 0 Å². The normalized spacial score (nSPS) is 18.4. The first-order valence-electron chi connectivity index (χ1n) is 6.21. The van der Waals surface area contributed by atoms with Crippen LogP contribution in [0.25, 0.3) is 0 Å². The quantitative estimate of drug-likeness (QED) is 0.699. The molecule has 0 heterocycles. The van der Waals surface area contributed by atoms with Gasteiger partial charge in [0.25, 0.3) is 0 Å². The van der Waals surface area contributed by atoms with Crippen LogP contribution in [0.3, 0.4) is 0 Å². The van der Waals surface area contributed by atoms with Crippen LogP contribution < -0.4 is 5.19 Å². The lowest BCUT2D eigenvalue weighted by atomic mass is 9.93. The molecule has 1 aromatic rings. The van der Waals surface area contributed by atoms with Crippen molar-refractivity contribution in [3.8, 4) is 12.1 Å². The highest BCUT2D eigenvalue weighted by molar-refractivity contribution is 9.14. The standard InChI is InChI=1S/C15H12Br2N2Si/c1-20(2)10-5-3-9(4-6-10)13-11(7-18)12(8-19)14(16)15(13)17/h3-6,13,20H,1-2H3. The molecular formula is C15H12Br2N2Si. The molecular weight excluding hydrogens is 396 g/mol. The van der Waals surface area contributed by atoms with Crippen molar-refractivity contribution in [2.45, 2.75) is 19.0 Å². The first kappa shape index (κ1) is 15.2. The minimum absolute atomic E-state index is 0.174. The summed E-state index contributed by atoms with van der Waals surface area (Å²) >= 11 is 6.91. The SMILES string of the molecule is C[SiH](C)c1ccc(C2C(Br)=C(Br)C(C#N)=C2C#N)cc1. The zero-order valence-corrected chi connectivity index (χ0v) is 15.4. The molecule has 0 N–H and O–H groups in total. The predicted molar refractivity (Wildman–Crippen MR) is 90.8 cm³/mol. The van der Waals surface area contributed by atoms with Gasteiger partial charge in [-0.2, -0.15) is 10.5 Å². The minimum atomic E-state index is -0.815. The van der Waals surface area contributed by atoms with Crippen LogP contribution in [0.1, 0.15) is 11.5 Å². The second kappa shape index (κ2) is 6.09. The maximum Gasteiger partial charge on any atom is 0.101 e. The fourth-order valence-corrected chi connectivity index (χ4v) is 4.44. The average molecular weight is 408 g/mol. The Bertz CT molecular complexity index is 688. The van der Waals surface area contributed by atoms with E-state index in [4.69, 9.17) is 0 Å². The lowest BCUT2D eigenvalue weighted by Gasteiger charge is -2.13. The van der Waals surface area contributed by atoms with Gasteiger partial charge in [0.05, 0.1) is 31.9 Å². The molecule has 0 saturated heterocycles. The predicted octanol–water partition coefficient (Wildman–Crippen LogP) is 3.82. The molecule has 0 aliphatic heterocycles. The molecule has 20 heavy (non-hydrogen) atoms. The molecule has 1 aromatic carbocycles. The number of nitriles is 2. The van der Waals surface area contributed by atoms with E-state index in [0.717, 1.165) is 10.0 Å². The Balaban J connectivity index is 2.51. The van der Waals surface area contributed by atoms with Crippen molar-refractivity contribution in [1.29, 1.82) is 10.5 Å². The van der Waals surface area contributed by atoms with Crippen LogP contribution >= 0.6 is 31.9 Å². The van der Waals surface area contributed by atoms with Gasteiger partial charge in [-0.25, -0.2) is 0 Å². The van der Waals surface area contributed by atoms with Gasteiger partial charge in [-0.15, -0.1) is 0 Å². The second-order valence-corrected chi connectivity index (χ2v) is 9.55. The summed E-state index contributed by atoms with van der Waals surface area (Å²) in [4.78, 5) is 0. The fraction of sp³-hybridized carbons (Fsp3) is 0.200. The molecule has 1 aliphatic carbocycles. The number of hydrogen-bond acceptors (Lipinski definition) is 2. The van der Waals surface area contributed by atoms with Crippen molar-refractivity contribution in [2.24, 2.45) is 0 Å². The summed E-state index contributed by atoms with van der Waals surface area (Å²) < 4.78 is 1.53. The first-order chi connectivity index (χ1) is 9.51. The Labute approximate surface area is 137 Å². The third kappa shape index (κ3) is 2.54. The number of allylic oxidation sites excluding steroid dienone is 4. The zero-order chi connectivity index (χ0) is 14.9. The average Bonchev–Trinajstić information content (AvgIpc) is 2.70. The van der Waals surface area contributed by atoms with Gasteiger partial charge < -0.3 is 0 Å². The van der Waals surface area contributed by atoms with E-state index in [2.05, 4.69) is 81.4 Å². The first-order valence-corrected chi connectivity index (χ1v) is 10.7. The molecule has 1 atom stereocenters. The number of halogens is 2. The third-order valence-electron chi connectivity index (χ3n) is 3.41. The fourth-order valence-electron chi connectivity index (χ4n) is 2.25. The van der Waals surface area contributed by atoms with Crippen LogP contribution in [0.2, 0.25) is 13.1 Å².